The normalized spacial score (nSPS) is 18.7. The molecular formula is C16H19ClN4O3S. The Labute approximate surface area is 154 Å². The molecule has 2 heterocycles. The van der Waals surface area contributed by atoms with Crippen molar-refractivity contribution < 1.29 is 14.6 Å². The topological polar surface area (TPSA) is 78.8 Å². The molecule has 3 rings (SSSR count). The van der Waals surface area contributed by atoms with E-state index in [1.807, 2.05) is 31.2 Å². The molecular weight excluding hydrogens is 364 g/mol. The number of urea groups is 1. The van der Waals surface area contributed by atoms with Gasteiger partial charge in [-0.1, -0.05) is 29.0 Å². The Kier molecular flexibility index (Phi) is 5.41. The summed E-state index contributed by atoms with van der Waals surface area (Å²) >= 11 is 7.12. The van der Waals surface area contributed by atoms with Crippen LogP contribution >= 0.6 is 22.9 Å². The molecule has 0 aliphatic carbocycles. The number of aliphatic hydroxyl groups is 1. The lowest BCUT2D eigenvalue weighted by Crippen LogP contribution is -2.34. The van der Waals surface area contributed by atoms with Crippen molar-refractivity contribution in [3.05, 3.63) is 34.8 Å². The van der Waals surface area contributed by atoms with Crippen molar-refractivity contribution in [1.29, 1.82) is 0 Å². The largest absolute Gasteiger partial charge is 0.483 e. The number of anilines is 1. The van der Waals surface area contributed by atoms with Gasteiger partial charge in [0.05, 0.1) is 6.54 Å². The number of halogens is 1. The minimum Gasteiger partial charge on any atom is -0.483 e. The van der Waals surface area contributed by atoms with E-state index >= 15 is 0 Å². The number of hydrogen-bond acceptors (Lipinski definition) is 6. The molecule has 134 valence electrons. The average Bonchev–Trinajstić information content (AvgIpc) is 3.14. The van der Waals surface area contributed by atoms with Gasteiger partial charge in [0.15, 0.2) is 17.3 Å². The summed E-state index contributed by atoms with van der Waals surface area (Å²) in [6.07, 6.45) is -0.734. The molecule has 1 fully saturated rings. The Hall–Kier alpha value is -1.90. The summed E-state index contributed by atoms with van der Waals surface area (Å²) in [6.45, 7) is 2.24. The van der Waals surface area contributed by atoms with E-state index in [0.717, 1.165) is 11.3 Å². The van der Waals surface area contributed by atoms with Gasteiger partial charge in [-0.05, 0) is 19.1 Å². The summed E-state index contributed by atoms with van der Waals surface area (Å²) in [4.78, 5) is 14.8. The standard InChI is InChI=1S/C16H19ClN4O3S/c1-10-3-5-11(6-4-10)24-12(7-8-17)14-18-19-15(25-14)21-13(22)9-20(2)16(21)23/h3-6,12-13,22H,7-9H2,1-2H3. The van der Waals surface area contributed by atoms with Crippen molar-refractivity contribution in [3.8, 4) is 5.75 Å². The summed E-state index contributed by atoms with van der Waals surface area (Å²) in [5.41, 5.74) is 1.14. The number of aryl methyl sites for hydroxylation is 1. The lowest BCUT2D eigenvalue weighted by Gasteiger charge is -2.16. The SMILES string of the molecule is Cc1ccc(OC(CCCl)c2nnc(N3C(=O)N(C)CC3O)s2)cc1. The second-order valence-electron chi connectivity index (χ2n) is 5.83. The molecule has 1 aliphatic heterocycles. The van der Waals surface area contributed by atoms with E-state index in [9.17, 15) is 9.90 Å². The van der Waals surface area contributed by atoms with E-state index in [1.165, 1.54) is 21.1 Å². The lowest BCUT2D eigenvalue weighted by molar-refractivity contribution is 0.183. The Bertz CT molecular complexity index is 739. The highest BCUT2D eigenvalue weighted by Crippen LogP contribution is 2.33. The third-order valence-electron chi connectivity index (χ3n) is 3.85. The molecule has 1 saturated heterocycles. The van der Waals surface area contributed by atoms with Gasteiger partial charge >= 0.3 is 6.03 Å². The van der Waals surface area contributed by atoms with Crippen molar-refractivity contribution in [2.45, 2.75) is 25.7 Å². The fourth-order valence-corrected chi connectivity index (χ4v) is 3.64. The van der Waals surface area contributed by atoms with Gasteiger partial charge in [-0.15, -0.1) is 21.8 Å². The van der Waals surface area contributed by atoms with Crippen LogP contribution in [0.15, 0.2) is 24.3 Å². The smallest absolute Gasteiger partial charge is 0.328 e. The summed E-state index contributed by atoms with van der Waals surface area (Å²) in [5.74, 6) is 1.12. The second kappa shape index (κ2) is 7.55. The number of aliphatic hydroxyl groups excluding tert-OH is 1. The molecule has 0 radical (unpaired) electrons. The van der Waals surface area contributed by atoms with Gasteiger partial charge in [0, 0.05) is 19.3 Å². The van der Waals surface area contributed by atoms with Gasteiger partial charge in [0.2, 0.25) is 5.13 Å². The monoisotopic (exact) mass is 382 g/mol. The van der Waals surface area contributed by atoms with Crippen LogP contribution in [0.4, 0.5) is 9.93 Å². The Morgan fingerprint density at radius 1 is 1.40 bits per heavy atom. The number of aromatic nitrogens is 2. The molecule has 7 nitrogen and oxygen atoms in total. The number of amides is 2. The van der Waals surface area contributed by atoms with E-state index < -0.39 is 6.23 Å². The highest BCUT2D eigenvalue weighted by atomic mass is 35.5. The summed E-state index contributed by atoms with van der Waals surface area (Å²) in [6, 6.07) is 7.41. The van der Waals surface area contributed by atoms with Crippen LogP contribution in [-0.4, -0.2) is 51.9 Å². The molecule has 2 aromatic rings. The first-order valence-corrected chi connectivity index (χ1v) is 9.19. The second-order valence-corrected chi connectivity index (χ2v) is 7.20. The third-order valence-corrected chi connectivity index (χ3v) is 5.08. The fraction of sp³-hybridized carbons (Fsp3) is 0.438. The number of hydrogen-bond donors (Lipinski definition) is 1. The molecule has 9 heteroatoms. The van der Waals surface area contributed by atoms with Gasteiger partial charge in [-0.2, -0.15) is 0 Å². The zero-order chi connectivity index (χ0) is 18.0. The van der Waals surface area contributed by atoms with Gasteiger partial charge in [-0.25, -0.2) is 9.69 Å². The first-order valence-electron chi connectivity index (χ1n) is 7.84. The highest BCUT2D eigenvalue weighted by molar-refractivity contribution is 7.15. The van der Waals surface area contributed by atoms with Crippen LogP contribution in [0.2, 0.25) is 0 Å². The minimum absolute atomic E-state index is 0.235. The molecule has 0 saturated carbocycles. The minimum atomic E-state index is -0.928. The van der Waals surface area contributed by atoms with Crippen LogP contribution < -0.4 is 9.64 Å². The van der Waals surface area contributed by atoms with E-state index in [1.54, 1.807) is 7.05 Å². The molecule has 0 spiro atoms. The molecule has 1 aromatic carbocycles. The van der Waals surface area contributed by atoms with Crippen molar-refractivity contribution in [3.63, 3.8) is 0 Å². The fourth-order valence-electron chi connectivity index (χ4n) is 2.49. The van der Waals surface area contributed by atoms with Gasteiger partial charge in [0.25, 0.3) is 0 Å². The Morgan fingerprint density at radius 3 is 2.72 bits per heavy atom. The van der Waals surface area contributed by atoms with Crippen molar-refractivity contribution in [2.24, 2.45) is 0 Å². The van der Waals surface area contributed by atoms with E-state index in [-0.39, 0.29) is 18.7 Å². The number of rotatable bonds is 6. The molecule has 1 aliphatic rings. The molecule has 2 amide bonds. The summed E-state index contributed by atoms with van der Waals surface area (Å²) in [5, 5.41) is 19.2. The zero-order valence-corrected chi connectivity index (χ0v) is 15.5. The van der Waals surface area contributed by atoms with E-state index in [0.29, 0.717) is 22.4 Å². The van der Waals surface area contributed by atoms with Crippen LogP contribution in [0.3, 0.4) is 0 Å². The maximum absolute atomic E-state index is 12.1. The highest BCUT2D eigenvalue weighted by Gasteiger charge is 2.37. The van der Waals surface area contributed by atoms with Crippen molar-refractivity contribution in [2.75, 3.05) is 24.4 Å². The van der Waals surface area contributed by atoms with Crippen molar-refractivity contribution in [1.82, 2.24) is 15.1 Å². The van der Waals surface area contributed by atoms with E-state index in [4.69, 9.17) is 16.3 Å². The maximum Gasteiger partial charge on any atom is 0.328 e. The Morgan fingerprint density at radius 2 is 2.12 bits per heavy atom. The number of benzene rings is 1. The number of carbonyl (C=O) groups is 1. The molecule has 0 bridgehead atoms. The van der Waals surface area contributed by atoms with Crippen LogP contribution in [0.5, 0.6) is 5.75 Å². The van der Waals surface area contributed by atoms with Gasteiger partial charge in [0.1, 0.15) is 5.75 Å². The van der Waals surface area contributed by atoms with E-state index in [2.05, 4.69) is 10.2 Å². The van der Waals surface area contributed by atoms with Crippen LogP contribution in [-0.2, 0) is 0 Å². The van der Waals surface area contributed by atoms with Crippen LogP contribution in [0.1, 0.15) is 23.1 Å². The zero-order valence-electron chi connectivity index (χ0n) is 13.9. The number of ether oxygens (including phenoxy) is 1. The van der Waals surface area contributed by atoms with Crippen LogP contribution in [0, 0.1) is 6.92 Å². The number of β-amino-alcohol motifs (C(OH)–C–C–N with tert-alkyl or cyclic N) is 1. The number of likely N-dealkylation sites (N-methyl/N-ethyl adjacent to an activating group) is 1. The summed E-state index contributed by atoms with van der Waals surface area (Å²) in [7, 11) is 1.63. The maximum atomic E-state index is 12.1. The van der Waals surface area contributed by atoms with Crippen LogP contribution in [0.25, 0.3) is 0 Å². The van der Waals surface area contributed by atoms with Crippen molar-refractivity contribution >= 4 is 34.1 Å². The first-order chi connectivity index (χ1) is 12.0. The lowest BCUT2D eigenvalue weighted by atomic mass is 10.2. The average molecular weight is 383 g/mol. The predicted octanol–water partition coefficient (Wildman–Crippen LogP) is 2.79. The number of nitrogens with zero attached hydrogens (tertiary/aromatic N) is 4. The molecule has 1 N–H and O–H groups in total. The molecule has 25 heavy (non-hydrogen) atoms. The quantitative estimate of drug-likeness (QED) is 0.777. The molecule has 2 unspecified atom stereocenters. The number of carbonyl (C=O) groups excluding carboxylic acids is 1. The molecule has 2 atom stereocenters. The summed E-state index contributed by atoms with van der Waals surface area (Å²) < 4.78 is 5.99. The first kappa shape index (κ1) is 17.9. The van der Waals surface area contributed by atoms with Gasteiger partial charge < -0.3 is 14.7 Å². The predicted molar refractivity (Wildman–Crippen MR) is 96.3 cm³/mol. The third kappa shape index (κ3) is 3.86. The van der Waals surface area contributed by atoms with Gasteiger partial charge in [-0.3, -0.25) is 0 Å². The molecule has 1 aromatic heterocycles. The number of alkyl halides is 1. The Balaban J connectivity index is 1.80.